The Bertz CT molecular complexity index is 1620. The van der Waals surface area contributed by atoms with E-state index in [-0.39, 0.29) is 35.0 Å². The van der Waals surface area contributed by atoms with Crippen molar-refractivity contribution in [2.24, 2.45) is 0 Å². The molecule has 3 aromatic rings. The first-order valence-corrected chi connectivity index (χ1v) is 15.5. The number of halogens is 1. The predicted octanol–water partition coefficient (Wildman–Crippen LogP) is 4.71. The summed E-state index contributed by atoms with van der Waals surface area (Å²) in [5.41, 5.74) is 0.465. The highest BCUT2D eigenvalue weighted by atomic mass is 35.5. The number of carbonyl (C=O) groups is 2. The van der Waals surface area contributed by atoms with Gasteiger partial charge in [0.25, 0.3) is 15.7 Å². The van der Waals surface area contributed by atoms with Crippen LogP contribution in [0.1, 0.15) is 31.4 Å². The number of carbonyl (C=O) groups excluding carboxylic acids is 2. The van der Waals surface area contributed by atoms with E-state index in [1.165, 1.54) is 56.4 Å². The molecule has 0 spiro atoms. The van der Waals surface area contributed by atoms with Crippen LogP contribution in [0.3, 0.4) is 0 Å². The fraction of sp³-hybridized carbons (Fsp3) is 0.333. The summed E-state index contributed by atoms with van der Waals surface area (Å²) in [7, 11) is -1.77. The Labute approximate surface area is 261 Å². The lowest BCUT2D eigenvalue weighted by Gasteiger charge is -2.33. The van der Waals surface area contributed by atoms with Gasteiger partial charge >= 0.3 is 0 Å². The molecule has 0 heterocycles. The van der Waals surface area contributed by atoms with E-state index in [1.807, 2.05) is 0 Å². The first-order chi connectivity index (χ1) is 20.9. The number of likely N-dealkylation sites (N-methyl/N-ethyl adjacent to an activating group) is 1. The van der Waals surface area contributed by atoms with Crippen molar-refractivity contribution in [2.45, 2.75) is 44.7 Å². The van der Waals surface area contributed by atoms with Gasteiger partial charge in [0, 0.05) is 29.7 Å². The van der Waals surface area contributed by atoms with E-state index in [4.69, 9.17) is 21.1 Å². The zero-order valence-electron chi connectivity index (χ0n) is 25.1. The van der Waals surface area contributed by atoms with Gasteiger partial charge in [-0.1, -0.05) is 36.7 Å². The Balaban J connectivity index is 2.18. The molecule has 12 nitrogen and oxygen atoms in total. The number of nitrogens with one attached hydrogen (secondary N) is 1. The number of anilines is 1. The van der Waals surface area contributed by atoms with Crippen molar-refractivity contribution in [3.8, 4) is 11.5 Å². The van der Waals surface area contributed by atoms with Gasteiger partial charge in [0.05, 0.1) is 29.7 Å². The number of amides is 2. The Hall–Kier alpha value is -4.36. The fourth-order valence-corrected chi connectivity index (χ4v) is 6.19. The number of nitro benzene ring substituents is 1. The number of rotatable bonds is 14. The Morgan fingerprint density at radius 3 is 2.27 bits per heavy atom. The van der Waals surface area contributed by atoms with Crippen molar-refractivity contribution in [2.75, 3.05) is 31.6 Å². The molecule has 1 N–H and O–H groups in total. The Morgan fingerprint density at radius 2 is 1.70 bits per heavy atom. The van der Waals surface area contributed by atoms with Gasteiger partial charge in [-0.3, -0.25) is 24.0 Å². The third-order valence-corrected chi connectivity index (χ3v) is 8.89. The van der Waals surface area contributed by atoms with Crippen molar-refractivity contribution in [1.82, 2.24) is 10.2 Å². The lowest BCUT2D eigenvalue weighted by molar-refractivity contribution is -0.385. The molecule has 0 fully saturated rings. The van der Waals surface area contributed by atoms with Crippen molar-refractivity contribution in [3.05, 3.63) is 86.9 Å². The lowest BCUT2D eigenvalue weighted by Crippen LogP contribution is -2.52. The van der Waals surface area contributed by atoms with Gasteiger partial charge in [0.2, 0.25) is 11.8 Å². The third-order valence-electron chi connectivity index (χ3n) is 6.90. The van der Waals surface area contributed by atoms with E-state index in [0.717, 1.165) is 10.4 Å². The summed E-state index contributed by atoms with van der Waals surface area (Å²) >= 11 is 6.26. The second-order valence-corrected chi connectivity index (χ2v) is 12.0. The molecule has 0 aliphatic heterocycles. The first kappa shape index (κ1) is 34.1. The van der Waals surface area contributed by atoms with Gasteiger partial charge in [-0.05, 0) is 62.2 Å². The summed E-state index contributed by atoms with van der Waals surface area (Å²) in [4.78, 5) is 39.2. The second-order valence-electron chi connectivity index (χ2n) is 9.72. The number of ether oxygens (including phenoxy) is 2. The Morgan fingerprint density at radius 1 is 1.02 bits per heavy atom. The molecule has 0 radical (unpaired) electrons. The quantitative estimate of drug-likeness (QED) is 0.196. The second kappa shape index (κ2) is 14.9. The van der Waals surface area contributed by atoms with Crippen LogP contribution in [0.5, 0.6) is 11.5 Å². The summed E-state index contributed by atoms with van der Waals surface area (Å²) in [6, 6.07) is 13.7. The standard InChI is InChI=1S/C30H35ClN4O8S/c1-6-25(30(37)32-7-2)33(18-21-9-12-23(42-4)13-10-21)29(36)19-34(27-16-22(31)11-15-28(27)43-5)44(40,41)24-14-8-20(3)26(17-24)35(38)39/h8-17,25H,6-7,18-19H2,1-5H3,(H,32,37)/t25-/m0/s1. The van der Waals surface area contributed by atoms with E-state index < -0.39 is 49.9 Å². The number of nitro groups is 1. The van der Waals surface area contributed by atoms with Crippen LogP contribution in [0.2, 0.25) is 5.02 Å². The zero-order chi connectivity index (χ0) is 32.6. The predicted molar refractivity (Wildman–Crippen MR) is 167 cm³/mol. The number of aryl methyl sites for hydroxylation is 1. The number of sulfonamides is 1. The van der Waals surface area contributed by atoms with Gasteiger partial charge in [0.1, 0.15) is 24.1 Å². The van der Waals surface area contributed by atoms with Gasteiger partial charge in [-0.25, -0.2) is 8.42 Å². The molecule has 0 aliphatic carbocycles. The molecule has 14 heteroatoms. The molecule has 3 rings (SSSR count). The molecule has 0 aromatic heterocycles. The van der Waals surface area contributed by atoms with Gasteiger partial charge in [-0.2, -0.15) is 0 Å². The molecule has 236 valence electrons. The number of nitrogens with zero attached hydrogens (tertiary/aromatic N) is 3. The topological polar surface area (TPSA) is 148 Å². The van der Waals surface area contributed by atoms with Crippen LogP contribution in [-0.2, 0) is 26.2 Å². The molecule has 0 saturated carbocycles. The van der Waals surface area contributed by atoms with Crippen LogP contribution >= 0.6 is 11.6 Å². The average Bonchev–Trinajstić information content (AvgIpc) is 3.00. The maximum absolute atomic E-state index is 14.2. The molecule has 2 amide bonds. The molecule has 0 unspecified atom stereocenters. The van der Waals surface area contributed by atoms with E-state index in [1.54, 1.807) is 38.1 Å². The zero-order valence-corrected chi connectivity index (χ0v) is 26.6. The number of hydrogen-bond donors (Lipinski definition) is 1. The number of methoxy groups -OCH3 is 2. The highest BCUT2D eigenvalue weighted by molar-refractivity contribution is 7.92. The largest absolute Gasteiger partial charge is 0.497 e. The van der Waals surface area contributed by atoms with E-state index >= 15 is 0 Å². The lowest BCUT2D eigenvalue weighted by atomic mass is 10.1. The summed E-state index contributed by atoms with van der Waals surface area (Å²) in [6.07, 6.45) is 0.241. The highest BCUT2D eigenvalue weighted by Crippen LogP contribution is 2.36. The van der Waals surface area contributed by atoms with Crippen LogP contribution in [0.25, 0.3) is 0 Å². The van der Waals surface area contributed by atoms with Crippen molar-refractivity contribution < 1.29 is 32.4 Å². The minimum atomic E-state index is -4.62. The van der Waals surface area contributed by atoms with Crippen LogP contribution in [0.4, 0.5) is 11.4 Å². The monoisotopic (exact) mass is 646 g/mol. The molecular formula is C30H35ClN4O8S. The first-order valence-electron chi connectivity index (χ1n) is 13.7. The van der Waals surface area contributed by atoms with Crippen molar-refractivity contribution in [1.29, 1.82) is 0 Å². The minimum absolute atomic E-state index is 0.0188. The molecule has 0 aliphatic rings. The maximum atomic E-state index is 14.2. The smallest absolute Gasteiger partial charge is 0.273 e. The highest BCUT2D eigenvalue weighted by Gasteiger charge is 2.35. The molecule has 0 bridgehead atoms. The van der Waals surface area contributed by atoms with Gasteiger partial charge < -0.3 is 19.7 Å². The van der Waals surface area contributed by atoms with E-state index in [9.17, 15) is 28.1 Å². The van der Waals surface area contributed by atoms with Crippen molar-refractivity contribution >= 4 is 44.8 Å². The Kier molecular flexibility index (Phi) is 11.5. The number of benzene rings is 3. The van der Waals surface area contributed by atoms with Crippen LogP contribution < -0.4 is 19.1 Å². The SMILES string of the molecule is CCNC(=O)[C@H](CC)N(Cc1ccc(OC)cc1)C(=O)CN(c1cc(Cl)ccc1OC)S(=O)(=O)c1ccc(C)c([N+](=O)[O-])c1. The van der Waals surface area contributed by atoms with Crippen LogP contribution in [-0.4, -0.2) is 63.4 Å². The summed E-state index contributed by atoms with van der Waals surface area (Å²) in [5, 5.41) is 14.5. The minimum Gasteiger partial charge on any atom is -0.497 e. The third kappa shape index (κ3) is 7.77. The van der Waals surface area contributed by atoms with Gasteiger partial charge in [0.15, 0.2) is 0 Å². The van der Waals surface area contributed by atoms with Crippen molar-refractivity contribution in [3.63, 3.8) is 0 Å². The normalized spacial score (nSPS) is 11.8. The molecular weight excluding hydrogens is 612 g/mol. The van der Waals surface area contributed by atoms with E-state index in [0.29, 0.717) is 17.9 Å². The summed E-state index contributed by atoms with van der Waals surface area (Å²) in [6.45, 7) is 4.52. The van der Waals surface area contributed by atoms with Crippen LogP contribution in [0, 0.1) is 17.0 Å². The average molecular weight is 647 g/mol. The van der Waals surface area contributed by atoms with Gasteiger partial charge in [-0.15, -0.1) is 0 Å². The summed E-state index contributed by atoms with van der Waals surface area (Å²) < 4.78 is 39.8. The summed E-state index contributed by atoms with van der Waals surface area (Å²) in [5.74, 6) is -0.420. The molecule has 1 atom stereocenters. The van der Waals surface area contributed by atoms with E-state index in [2.05, 4.69) is 5.32 Å². The number of hydrogen-bond acceptors (Lipinski definition) is 8. The molecule has 44 heavy (non-hydrogen) atoms. The van der Waals surface area contributed by atoms with Crippen LogP contribution in [0.15, 0.2) is 65.6 Å². The molecule has 3 aromatic carbocycles. The maximum Gasteiger partial charge on any atom is 0.273 e. The molecule has 0 saturated heterocycles. The fourth-order valence-electron chi connectivity index (χ4n) is 4.58.